The van der Waals surface area contributed by atoms with Crippen LogP contribution in [-0.4, -0.2) is 14.2 Å². The number of ether oxygens (including phenoxy) is 2. The molecule has 4 heteroatoms. The summed E-state index contributed by atoms with van der Waals surface area (Å²) in [4.78, 5) is 0. The van der Waals surface area contributed by atoms with Gasteiger partial charge in [0.15, 0.2) is 0 Å². The van der Waals surface area contributed by atoms with Crippen LogP contribution < -0.4 is 20.3 Å². The van der Waals surface area contributed by atoms with Crippen molar-refractivity contribution in [2.45, 2.75) is 13.5 Å². The molecule has 0 saturated carbocycles. The molecule has 0 aromatic heterocycles. The Morgan fingerprint density at radius 3 is 2.42 bits per heavy atom. The first-order valence-corrected chi connectivity index (χ1v) is 8.53. The molecule has 0 saturated heterocycles. The fraction of sp³-hybridized carbons (Fsp3) is 0.182. The van der Waals surface area contributed by atoms with Crippen molar-refractivity contribution >= 4 is 5.69 Å². The van der Waals surface area contributed by atoms with E-state index in [1.807, 2.05) is 55.6 Å². The van der Waals surface area contributed by atoms with Crippen LogP contribution in [0.4, 0.5) is 5.69 Å². The van der Waals surface area contributed by atoms with Crippen LogP contribution in [0.5, 0.6) is 11.5 Å². The molecule has 0 radical (unpaired) electrons. The Hall–Kier alpha value is -2.98. The van der Waals surface area contributed by atoms with E-state index in [-0.39, 0.29) is 0 Å². The van der Waals surface area contributed by atoms with Crippen LogP contribution in [0.1, 0.15) is 11.1 Å². The SMILES string of the molecule is COc1ccc(OCc2c(C)cccc2N(C)N)cc1-c1ccccc1. The van der Waals surface area contributed by atoms with Crippen molar-refractivity contribution in [2.24, 2.45) is 5.84 Å². The van der Waals surface area contributed by atoms with Gasteiger partial charge in [0.2, 0.25) is 0 Å². The van der Waals surface area contributed by atoms with E-state index in [0.717, 1.165) is 39.4 Å². The zero-order valence-electron chi connectivity index (χ0n) is 15.4. The van der Waals surface area contributed by atoms with Crippen LogP contribution in [0.2, 0.25) is 0 Å². The molecule has 3 aromatic carbocycles. The second-order valence-electron chi connectivity index (χ2n) is 6.20. The normalized spacial score (nSPS) is 10.5. The number of anilines is 1. The van der Waals surface area contributed by atoms with Gasteiger partial charge in [0, 0.05) is 18.2 Å². The summed E-state index contributed by atoms with van der Waals surface area (Å²) in [5.74, 6) is 7.56. The molecule has 26 heavy (non-hydrogen) atoms. The summed E-state index contributed by atoms with van der Waals surface area (Å²) in [6, 6.07) is 22.1. The van der Waals surface area contributed by atoms with Gasteiger partial charge in [-0.05, 0) is 42.3 Å². The van der Waals surface area contributed by atoms with E-state index in [0.29, 0.717) is 6.61 Å². The van der Waals surface area contributed by atoms with E-state index in [4.69, 9.17) is 15.3 Å². The highest BCUT2D eigenvalue weighted by Gasteiger charge is 2.11. The van der Waals surface area contributed by atoms with Crippen LogP contribution in [0, 0.1) is 6.92 Å². The molecule has 0 unspecified atom stereocenters. The first-order valence-electron chi connectivity index (χ1n) is 8.53. The van der Waals surface area contributed by atoms with Crippen LogP contribution in [-0.2, 0) is 6.61 Å². The zero-order valence-corrected chi connectivity index (χ0v) is 15.4. The van der Waals surface area contributed by atoms with E-state index < -0.39 is 0 Å². The third kappa shape index (κ3) is 3.81. The lowest BCUT2D eigenvalue weighted by Crippen LogP contribution is -2.26. The van der Waals surface area contributed by atoms with Gasteiger partial charge in [-0.3, -0.25) is 0 Å². The topological polar surface area (TPSA) is 47.7 Å². The zero-order chi connectivity index (χ0) is 18.5. The highest BCUT2D eigenvalue weighted by molar-refractivity contribution is 5.72. The summed E-state index contributed by atoms with van der Waals surface area (Å²) in [5, 5.41) is 1.62. The summed E-state index contributed by atoms with van der Waals surface area (Å²) in [5.41, 5.74) is 5.28. The molecule has 0 heterocycles. The van der Waals surface area contributed by atoms with E-state index in [1.54, 1.807) is 12.1 Å². The third-order valence-corrected chi connectivity index (χ3v) is 4.40. The highest BCUT2D eigenvalue weighted by atomic mass is 16.5. The maximum Gasteiger partial charge on any atom is 0.126 e. The number of aryl methyl sites for hydroxylation is 1. The minimum atomic E-state index is 0.449. The van der Waals surface area contributed by atoms with Crippen LogP contribution in [0.15, 0.2) is 66.7 Å². The smallest absolute Gasteiger partial charge is 0.126 e. The number of rotatable bonds is 6. The maximum absolute atomic E-state index is 6.09. The number of benzene rings is 3. The average molecular weight is 348 g/mol. The standard InChI is InChI=1S/C22H24N2O2/c1-16-8-7-11-21(24(2)23)20(16)15-26-18-12-13-22(25-3)19(14-18)17-9-5-4-6-10-17/h4-14H,15,23H2,1-3H3. The molecule has 0 fully saturated rings. The Morgan fingerprint density at radius 1 is 0.962 bits per heavy atom. The van der Waals surface area contributed by atoms with Crippen LogP contribution in [0.25, 0.3) is 11.1 Å². The van der Waals surface area contributed by atoms with Crippen molar-refractivity contribution in [1.82, 2.24) is 0 Å². The molecule has 0 aliphatic heterocycles. The number of nitrogens with two attached hydrogens (primary N) is 1. The number of nitrogens with zero attached hydrogens (tertiary/aromatic N) is 1. The number of hydrogen-bond donors (Lipinski definition) is 1. The summed E-state index contributed by atoms with van der Waals surface area (Å²) in [7, 11) is 3.51. The van der Waals surface area contributed by atoms with Crippen molar-refractivity contribution < 1.29 is 9.47 Å². The lowest BCUT2D eigenvalue weighted by Gasteiger charge is -2.19. The van der Waals surface area contributed by atoms with Crippen molar-refractivity contribution in [1.29, 1.82) is 0 Å². The quantitative estimate of drug-likeness (QED) is 0.524. The van der Waals surface area contributed by atoms with E-state index in [9.17, 15) is 0 Å². The van der Waals surface area contributed by atoms with Gasteiger partial charge in [-0.1, -0.05) is 42.5 Å². The number of methoxy groups -OCH3 is 1. The molecule has 134 valence electrons. The highest BCUT2D eigenvalue weighted by Crippen LogP contribution is 2.34. The summed E-state index contributed by atoms with van der Waals surface area (Å²) < 4.78 is 11.6. The third-order valence-electron chi connectivity index (χ3n) is 4.40. The Balaban J connectivity index is 1.88. The second-order valence-corrected chi connectivity index (χ2v) is 6.20. The molecule has 0 amide bonds. The number of hydrogen-bond acceptors (Lipinski definition) is 4. The molecule has 0 atom stereocenters. The minimum Gasteiger partial charge on any atom is -0.496 e. The first kappa shape index (κ1) is 17.8. The van der Waals surface area contributed by atoms with Crippen molar-refractivity contribution in [3.05, 3.63) is 77.9 Å². The fourth-order valence-corrected chi connectivity index (χ4v) is 2.98. The van der Waals surface area contributed by atoms with Gasteiger partial charge in [-0.25, -0.2) is 5.84 Å². The van der Waals surface area contributed by atoms with E-state index in [1.165, 1.54) is 0 Å². The van der Waals surface area contributed by atoms with Crippen molar-refractivity contribution in [2.75, 3.05) is 19.2 Å². The largest absolute Gasteiger partial charge is 0.496 e. The number of hydrazine groups is 1. The Labute approximate surface area is 154 Å². The molecule has 3 rings (SSSR count). The van der Waals surface area contributed by atoms with Gasteiger partial charge >= 0.3 is 0 Å². The molecule has 0 spiro atoms. The molecule has 0 aliphatic rings. The van der Waals surface area contributed by atoms with E-state index in [2.05, 4.69) is 25.1 Å². The summed E-state index contributed by atoms with van der Waals surface area (Å²) in [6.45, 7) is 2.51. The Kier molecular flexibility index (Phi) is 5.44. The van der Waals surface area contributed by atoms with Crippen molar-refractivity contribution in [3.8, 4) is 22.6 Å². The molecular formula is C22H24N2O2. The summed E-state index contributed by atoms with van der Waals surface area (Å²) in [6.07, 6.45) is 0. The maximum atomic E-state index is 6.09. The van der Waals surface area contributed by atoms with Gasteiger partial charge in [-0.2, -0.15) is 0 Å². The average Bonchev–Trinajstić information content (AvgIpc) is 2.67. The van der Waals surface area contributed by atoms with Gasteiger partial charge in [0.1, 0.15) is 18.1 Å². The molecule has 4 nitrogen and oxygen atoms in total. The van der Waals surface area contributed by atoms with Gasteiger partial charge in [0.25, 0.3) is 0 Å². The lowest BCUT2D eigenvalue weighted by molar-refractivity contribution is 0.305. The lowest BCUT2D eigenvalue weighted by atomic mass is 10.0. The molecule has 0 aliphatic carbocycles. The molecule has 0 bridgehead atoms. The van der Waals surface area contributed by atoms with Crippen LogP contribution in [0.3, 0.4) is 0 Å². The second kappa shape index (κ2) is 7.93. The monoisotopic (exact) mass is 348 g/mol. The van der Waals surface area contributed by atoms with Crippen molar-refractivity contribution in [3.63, 3.8) is 0 Å². The Bertz CT molecular complexity index is 877. The van der Waals surface area contributed by atoms with Gasteiger partial charge in [-0.15, -0.1) is 0 Å². The first-order chi connectivity index (χ1) is 12.6. The molecule has 2 N–H and O–H groups in total. The fourth-order valence-electron chi connectivity index (χ4n) is 2.98. The summed E-state index contributed by atoms with van der Waals surface area (Å²) >= 11 is 0. The van der Waals surface area contributed by atoms with Gasteiger partial charge < -0.3 is 14.5 Å². The molecule has 3 aromatic rings. The predicted octanol–water partition coefficient (Wildman–Crippen LogP) is 4.56. The van der Waals surface area contributed by atoms with Crippen LogP contribution >= 0.6 is 0 Å². The van der Waals surface area contributed by atoms with Gasteiger partial charge in [0.05, 0.1) is 12.8 Å². The van der Waals surface area contributed by atoms with E-state index >= 15 is 0 Å². The predicted molar refractivity (Wildman–Crippen MR) is 107 cm³/mol. The Morgan fingerprint density at radius 2 is 1.73 bits per heavy atom. The minimum absolute atomic E-state index is 0.449. The molecular weight excluding hydrogens is 324 g/mol.